The van der Waals surface area contributed by atoms with Crippen LogP contribution in [0.15, 0.2) is 47.6 Å². The van der Waals surface area contributed by atoms with Crippen LogP contribution in [-0.2, 0) is 0 Å². The molecule has 0 aliphatic heterocycles. The van der Waals surface area contributed by atoms with Crippen LogP contribution in [0, 0.1) is 11.3 Å². The zero-order valence-electron chi connectivity index (χ0n) is 10.4. The molecule has 98 valence electrons. The van der Waals surface area contributed by atoms with Gasteiger partial charge in [0.15, 0.2) is 0 Å². The first-order chi connectivity index (χ1) is 8.77. The molecule has 0 bridgehead atoms. The third kappa shape index (κ3) is 2.21. The van der Waals surface area contributed by atoms with Crippen molar-refractivity contribution < 1.29 is 15.3 Å². The second-order valence-electron chi connectivity index (χ2n) is 5.02. The summed E-state index contributed by atoms with van der Waals surface area (Å²) in [5.41, 5.74) is 1.43. The van der Waals surface area contributed by atoms with Crippen LogP contribution in [0.2, 0.25) is 0 Å². The summed E-state index contributed by atoms with van der Waals surface area (Å²) < 4.78 is 0. The quantitative estimate of drug-likeness (QED) is 0.664. The van der Waals surface area contributed by atoms with Crippen molar-refractivity contribution in [3.63, 3.8) is 0 Å². The third-order valence-electron chi connectivity index (χ3n) is 3.90. The van der Waals surface area contributed by atoms with E-state index in [-0.39, 0.29) is 25.7 Å². The predicted octanol–water partition coefficient (Wildman–Crippen LogP) is 1.34. The van der Waals surface area contributed by atoms with E-state index in [4.69, 9.17) is 0 Å². The Bertz CT molecular complexity index is 373. The maximum Gasteiger partial charge on any atom is 0.0540 e. The summed E-state index contributed by atoms with van der Waals surface area (Å²) in [4.78, 5) is 0. The Balaban J connectivity index is 2.34. The summed E-state index contributed by atoms with van der Waals surface area (Å²) in [6, 6.07) is 0. The van der Waals surface area contributed by atoms with Gasteiger partial charge in [-0.05, 0) is 12.8 Å². The highest BCUT2D eigenvalue weighted by Gasteiger charge is 2.41. The first-order valence-corrected chi connectivity index (χ1v) is 6.31. The van der Waals surface area contributed by atoms with Gasteiger partial charge in [0, 0.05) is 11.3 Å². The fourth-order valence-electron chi connectivity index (χ4n) is 2.80. The molecule has 0 heterocycles. The van der Waals surface area contributed by atoms with Crippen LogP contribution in [-0.4, -0.2) is 35.1 Å². The normalized spacial score (nSPS) is 18.7. The van der Waals surface area contributed by atoms with Gasteiger partial charge in [0.1, 0.15) is 0 Å². The Morgan fingerprint density at radius 3 is 1.61 bits per heavy atom. The van der Waals surface area contributed by atoms with E-state index in [9.17, 15) is 15.3 Å². The minimum atomic E-state index is -0.879. The van der Waals surface area contributed by atoms with Gasteiger partial charge in [0.25, 0.3) is 0 Å². The van der Waals surface area contributed by atoms with Gasteiger partial charge in [-0.1, -0.05) is 47.6 Å². The lowest BCUT2D eigenvalue weighted by atomic mass is 9.68. The van der Waals surface area contributed by atoms with E-state index in [1.54, 1.807) is 0 Å². The Morgan fingerprint density at radius 2 is 1.33 bits per heavy atom. The molecule has 3 heteroatoms. The Labute approximate surface area is 107 Å². The van der Waals surface area contributed by atoms with Gasteiger partial charge < -0.3 is 15.3 Å². The lowest BCUT2D eigenvalue weighted by Gasteiger charge is -2.38. The van der Waals surface area contributed by atoms with Crippen molar-refractivity contribution in [1.29, 1.82) is 0 Å². The fourth-order valence-corrected chi connectivity index (χ4v) is 2.80. The van der Waals surface area contributed by atoms with Gasteiger partial charge in [-0.25, -0.2) is 0 Å². The number of aliphatic hydroxyl groups is 3. The van der Waals surface area contributed by atoms with Crippen molar-refractivity contribution in [2.75, 3.05) is 19.8 Å². The van der Waals surface area contributed by atoms with Crippen LogP contribution in [0.1, 0.15) is 12.8 Å². The molecule has 2 rings (SSSR count). The molecule has 0 radical (unpaired) electrons. The highest BCUT2D eigenvalue weighted by atomic mass is 16.3. The molecule has 2 aliphatic rings. The number of rotatable bonds is 6. The summed E-state index contributed by atoms with van der Waals surface area (Å²) in [5.74, 6) is -0.0949. The highest BCUT2D eigenvalue weighted by Crippen LogP contribution is 2.43. The molecule has 0 fully saturated rings. The minimum absolute atomic E-state index is 0.0949. The number of aliphatic hydroxyl groups excluding tert-OH is 3. The van der Waals surface area contributed by atoms with Crippen molar-refractivity contribution in [2.24, 2.45) is 11.3 Å². The molecule has 0 aromatic rings. The molecule has 3 N–H and O–H groups in total. The Hall–Kier alpha value is -1.16. The van der Waals surface area contributed by atoms with E-state index in [1.807, 2.05) is 24.3 Å². The molecule has 0 spiro atoms. The zero-order valence-corrected chi connectivity index (χ0v) is 10.4. The van der Waals surface area contributed by atoms with Crippen LogP contribution in [0.25, 0.3) is 0 Å². The summed E-state index contributed by atoms with van der Waals surface area (Å²) in [6.07, 6.45) is 13.8. The van der Waals surface area contributed by atoms with Gasteiger partial charge >= 0.3 is 0 Å². The molecule has 0 saturated heterocycles. The van der Waals surface area contributed by atoms with E-state index < -0.39 is 5.41 Å². The summed E-state index contributed by atoms with van der Waals surface area (Å²) in [7, 11) is 0. The van der Waals surface area contributed by atoms with Crippen LogP contribution < -0.4 is 0 Å². The first-order valence-electron chi connectivity index (χ1n) is 6.31. The SMILES string of the molecule is OCC(CO)(CO)C(C1=CC=CC1)C1=CC=CC1. The molecular weight excluding hydrogens is 228 g/mol. The van der Waals surface area contributed by atoms with Crippen LogP contribution in [0.3, 0.4) is 0 Å². The lowest BCUT2D eigenvalue weighted by molar-refractivity contribution is -0.0189. The number of hydrogen-bond donors (Lipinski definition) is 3. The van der Waals surface area contributed by atoms with Gasteiger partial charge in [0.05, 0.1) is 19.8 Å². The van der Waals surface area contributed by atoms with Crippen molar-refractivity contribution in [2.45, 2.75) is 12.8 Å². The maximum absolute atomic E-state index is 9.65. The molecule has 0 saturated carbocycles. The summed E-state index contributed by atoms with van der Waals surface area (Å²) >= 11 is 0. The van der Waals surface area contributed by atoms with Crippen molar-refractivity contribution >= 4 is 0 Å². The van der Waals surface area contributed by atoms with Crippen molar-refractivity contribution in [1.82, 2.24) is 0 Å². The lowest BCUT2D eigenvalue weighted by Crippen LogP contribution is -2.43. The molecule has 18 heavy (non-hydrogen) atoms. The van der Waals surface area contributed by atoms with Crippen molar-refractivity contribution in [3.05, 3.63) is 47.6 Å². The predicted molar refractivity (Wildman–Crippen MR) is 70.9 cm³/mol. The first kappa shape index (κ1) is 13.3. The largest absolute Gasteiger partial charge is 0.396 e. The fraction of sp³-hybridized carbons (Fsp3) is 0.467. The second kappa shape index (κ2) is 5.65. The topological polar surface area (TPSA) is 60.7 Å². The highest BCUT2D eigenvalue weighted by molar-refractivity contribution is 5.38. The smallest absolute Gasteiger partial charge is 0.0540 e. The van der Waals surface area contributed by atoms with Crippen LogP contribution >= 0.6 is 0 Å². The van der Waals surface area contributed by atoms with Gasteiger partial charge in [-0.2, -0.15) is 0 Å². The van der Waals surface area contributed by atoms with Gasteiger partial charge in [-0.3, -0.25) is 0 Å². The van der Waals surface area contributed by atoms with E-state index >= 15 is 0 Å². The third-order valence-corrected chi connectivity index (χ3v) is 3.90. The van der Waals surface area contributed by atoms with E-state index in [0.29, 0.717) is 0 Å². The Kier molecular flexibility index (Phi) is 4.17. The average molecular weight is 248 g/mol. The molecular formula is C15H20O3. The Morgan fingerprint density at radius 1 is 0.889 bits per heavy atom. The summed E-state index contributed by atoms with van der Waals surface area (Å²) in [5, 5.41) is 29.0. The average Bonchev–Trinajstić information content (AvgIpc) is 3.09. The number of allylic oxidation sites excluding steroid dienone is 8. The minimum Gasteiger partial charge on any atom is -0.396 e. The van der Waals surface area contributed by atoms with E-state index in [0.717, 1.165) is 24.0 Å². The molecule has 0 aromatic carbocycles. The molecule has 3 nitrogen and oxygen atoms in total. The molecule has 0 aromatic heterocycles. The van der Waals surface area contributed by atoms with E-state index in [1.165, 1.54) is 0 Å². The molecule has 0 amide bonds. The summed E-state index contributed by atoms with van der Waals surface area (Å²) in [6.45, 7) is -0.669. The van der Waals surface area contributed by atoms with E-state index in [2.05, 4.69) is 12.2 Å². The standard InChI is InChI=1S/C15H20O3/c16-9-15(10-17,11-18)14(12-5-1-2-6-12)13-7-3-4-8-13/h1-5,7,14,16-18H,6,8-11H2. The van der Waals surface area contributed by atoms with Gasteiger partial charge in [0.2, 0.25) is 0 Å². The van der Waals surface area contributed by atoms with Crippen LogP contribution in [0.5, 0.6) is 0 Å². The van der Waals surface area contributed by atoms with Crippen molar-refractivity contribution in [3.8, 4) is 0 Å². The second-order valence-corrected chi connectivity index (χ2v) is 5.02. The molecule has 0 atom stereocenters. The monoisotopic (exact) mass is 248 g/mol. The maximum atomic E-state index is 9.65. The molecule has 0 unspecified atom stereocenters. The number of hydrogen-bond acceptors (Lipinski definition) is 3. The van der Waals surface area contributed by atoms with Crippen LogP contribution in [0.4, 0.5) is 0 Å². The molecule has 2 aliphatic carbocycles. The van der Waals surface area contributed by atoms with Gasteiger partial charge in [-0.15, -0.1) is 0 Å². The zero-order chi connectivity index (χ0) is 13.0.